The molecule has 2 N–H and O–H groups in total. The van der Waals surface area contributed by atoms with Crippen LogP contribution in [0, 0.1) is 0 Å². The van der Waals surface area contributed by atoms with Gasteiger partial charge in [-0.15, -0.1) is 0 Å². The van der Waals surface area contributed by atoms with E-state index in [1.54, 1.807) is 6.92 Å². The summed E-state index contributed by atoms with van der Waals surface area (Å²) in [5, 5.41) is 0. The van der Waals surface area contributed by atoms with Crippen LogP contribution in [-0.4, -0.2) is 12.5 Å². The molecule has 1 heterocycles. The fraction of sp³-hybridized carbons (Fsp3) is 0.417. The van der Waals surface area contributed by atoms with Gasteiger partial charge in [-0.05, 0) is 36.6 Å². The van der Waals surface area contributed by atoms with Crippen molar-refractivity contribution >= 4 is 17.3 Å². The number of carbonyl (C=O) groups is 1. The second-order valence-corrected chi connectivity index (χ2v) is 4.66. The van der Waals surface area contributed by atoms with E-state index in [0.29, 0.717) is 0 Å². The number of carbonyl (C=O) groups excluding carboxylic acids is 1. The molecule has 0 unspecified atom stereocenters. The van der Waals surface area contributed by atoms with Crippen molar-refractivity contribution in [1.29, 1.82) is 0 Å². The van der Waals surface area contributed by atoms with Crippen molar-refractivity contribution in [2.45, 2.75) is 25.2 Å². The molecule has 1 aromatic rings. The minimum Gasteiger partial charge on any atom is -0.399 e. The number of fused-ring (bicyclic) bond motifs is 2. The van der Waals surface area contributed by atoms with E-state index in [2.05, 4.69) is 0 Å². The predicted molar refractivity (Wildman–Crippen MR) is 59.8 cm³/mol. The van der Waals surface area contributed by atoms with Gasteiger partial charge in [0, 0.05) is 30.3 Å². The van der Waals surface area contributed by atoms with Gasteiger partial charge in [0.1, 0.15) is 0 Å². The number of hydrogen-bond acceptors (Lipinski definition) is 2. The number of nitrogen functional groups attached to an aromatic ring is 1. The van der Waals surface area contributed by atoms with Gasteiger partial charge in [0.05, 0.1) is 0 Å². The van der Waals surface area contributed by atoms with Gasteiger partial charge in [0.2, 0.25) is 5.91 Å². The van der Waals surface area contributed by atoms with Gasteiger partial charge in [0.25, 0.3) is 0 Å². The molecule has 1 spiro atoms. The van der Waals surface area contributed by atoms with Gasteiger partial charge in [-0.1, -0.05) is 0 Å². The first-order valence-electron chi connectivity index (χ1n) is 5.30. The molecule has 15 heavy (non-hydrogen) atoms. The maximum Gasteiger partial charge on any atom is 0.223 e. The molecule has 78 valence electrons. The highest BCUT2D eigenvalue weighted by atomic mass is 16.2. The molecule has 1 aliphatic carbocycles. The van der Waals surface area contributed by atoms with Crippen molar-refractivity contribution in [3.63, 3.8) is 0 Å². The van der Waals surface area contributed by atoms with Crippen LogP contribution in [0.15, 0.2) is 18.2 Å². The summed E-state index contributed by atoms with van der Waals surface area (Å²) in [5.74, 6) is 0.129. The summed E-state index contributed by atoms with van der Waals surface area (Å²) < 4.78 is 0. The lowest BCUT2D eigenvalue weighted by atomic mass is 9.98. The van der Waals surface area contributed by atoms with Gasteiger partial charge in [-0.3, -0.25) is 4.79 Å². The first kappa shape index (κ1) is 8.77. The normalized spacial score (nSPS) is 20.5. The smallest absolute Gasteiger partial charge is 0.223 e. The van der Waals surface area contributed by atoms with Crippen molar-refractivity contribution in [2.24, 2.45) is 0 Å². The average Bonchev–Trinajstić information content (AvgIpc) is 2.87. The summed E-state index contributed by atoms with van der Waals surface area (Å²) >= 11 is 0. The minimum atomic E-state index is 0.129. The lowest BCUT2D eigenvalue weighted by Gasteiger charge is -2.14. The molecule has 1 saturated carbocycles. The number of anilines is 2. The molecule has 0 atom stereocenters. The molecule has 1 aliphatic heterocycles. The summed E-state index contributed by atoms with van der Waals surface area (Å²) in [6.07, 6.45) is 2.38. The molecule has 3 heteroatoms. The van der Waals surface area contributed by atoms with E-state index in [1.807, 2.05) is 23.1 Å². The maximum absolute atomic E-state index is 11.5. The van der Waals surface area contributed by atoms with E-state index in [1.165, 1.54) is 18.4 Å². The van der Waals surface area contributed by atoms with Crippen LogP contribution >= 0.6 is 0 Å². The Labute approximate surface area is 88.9 Å². The third-order valence-corrected chi connectivity index (χ3v) is 3.58. The van der Waals surface area contributed by atoms with Gasteiger partial charge in [-0.25, -0.2) is 0 Å². The van der Waals surface area contributed by atoms with Gasteiger partial charge < -0.3 is 10.6 Å². The SMILES string of the molecule is CC(=O)N1CC2(CC2)c2cc(N)ccc21. The Hall–Kier alpha value is -1.51. The number of nitrogens with zero attached hydrogens (tertiary/aromatic N) is 1. The number of rotatable bonds is 0. The van der Waals surface area contributed by atoms with Crippen LogP contribution in [0.5, 0.6) is 0 Å². The van der Waals surface area contributed by atoms with Crippen molar-refractivity contribution in [1.82, 2.24) is 0 Å². The minimum absolute atomic E-state index is 0.129. The van der Waals surface area contributed by atoms with Crippen LogP contribution < -0.4 is 10.6 Å². The predicted octanol–water partition coefficient (Wildman–Crippen LogP) is 1.67. The molecule has 0 radical (unpaired) electrons. The summed E-state index contributed by atoms with van der Waals surface area (Å²) in [4.78, 5) is 13.4. The molecule has 1 fully saturated rings. The van der Waals surface area contributed by atoms with Crippen molar-refractivity contribution in [2.75, 3.05) is 17.2 Å². The zero-order chi connectivity index (χ0) is 10.6. The Kier molecular flexibility index (Phi) is 1.48. The molecule has 1 amide bonds. The highest BCUT2D eigenvalue weighted by molar-refractivity contribution is 5.95. The molecular weight excluding hydrogens is 188 g/mol. The molecule has 0 aromatic heterocycles. The Bertz CT molecular complexity index is 449. The largest absolute Gasteiger partial charge is 0.399 e. The van der Waals surface area contributed by atoms with E-state index >= 15 is 0 Å². The van der Waals surface area contributed by atoms with Gasteiger partial charge >= 0.3 is 0 Å². The first-order chi connectivity index (χ1) is 7.12. The molecule has 3 nitrogen and oxygen atoms in total. The molecule has 2 aliphatic rings. The van der Waals surface area contributed by atoms with Crippen LogP contribution in [0.25, 0.3) is 0 Å². The molecular formula is C12H14N2O. The lowest BCUT2D eigenvalue weighted by molar-refractivity contribution is -0.116. The highest BCUT2D eigenvalue weighted by Gasteiger charge is 2.52. The second-order valence-electron chi connectivity index (χ2n) is 4.66. The summed E-state index contributed by atoms with van der Waals surface area (Å²) in [5.41, 5.74) is 9.18. The van der Waals surface area contributed by atoms with Crippen molar-refractivity contribution in [3.05, 3.63) is 23.8 Å². The number of benzene rings is 1. The second kappa shape index (κ2) is 2.54. The maximum atomic E-state index is 11.5. The summed E-state index contributed by atoms with van der Waals surface area (Å²) in [6, 6.07) is 5.88. The Morgan fingerprint density at radius 1 is 1.47 bits per heavy atom. The fourth-order valence-electron chi connectivity index (χ4n) is 2.55. The quantitative estimate of drug-likeness (QED) is 0.650. The summed E-state index contributed by atoms with van der Waals surface area (Å²) in [6.45, 7) is 2.47. The number of nitrogens with two attached hydrogens (primary N) is 1. The van der Waals surface area contributed by atoms with E-state index in [9.17, 15) is 4.79 Å². The Morgan fingerprint density at radius 2 is 2.20 bits per heavy atom. The number of amides is 1. The molecule has 0 bridgehead atoms. The number of hydrogen-bond donors (Lipinski definition) is 1. The standard InChI is InChI=1S/C12H14N2O/c1-8(15)14-7-12(4-5-12)10-6-9(13)2-3-11(10)14/h2-3,6H,4-5,7,13H2,1H3. The Morgan fingerprint density at radius 3 is 2.80 bits per heavy atom. The first-order valence-corrected chi connectivity index (χ1v) is 5.30. The lowest BCUT2D eigenvalue weighted by Crippen LogP contribution is -2.28. The molecule has 0 saturated heterocycles. The monoisotopic (exact) mass is 202 g/mol. The highest BCUT2D eigenvalue weighted by Crippen LogP contribution is 2.56. The van der Waals surface area contributed by atoms with Gasteiger partial charge in [0.15, 0.2) is 0 Å². The molecule has 3 rings (SSSR count). The zero-order valence-corrected chi connectivity index (χ0v) is 8.79. The van der Waals surface area contributed by atoms with E-state index in [-0.39, 0.29) is 11.3 Å². The third kappa shape index (κ3) is 1.09. The average molecular weight is 202 g/mol. The van der Waals surface area contributed by atoms with Crippen LogP contribution in [0.4, 0.5) is 11.4 Å². The van der Waals surface area contributed by atoms with Crippen molar-refractivity contribution < 1.29 is 4.79 Å². The zero-order valence-electron chi connectivity index (χ0n) is 8.79. The summed E-state index contributed by atoms with van der Waals surface area (Å²) in [7, 11) is 0. The van der Waals surface area contributed by atoms with Crippen LogP contribution in [-0.2, 0) is 10.2 Å². The van der Waals surface area contributed by atoms with Crippen LogP contribution in [0.1, 0.15) is 25.3 Å². The topological polar surface area (TPSA) is 46.3 Å². The Balaban J connectivity index is 2.15. The van der Waals surface area contributed by atoms with Crippen LogP contribution in [0.2, 0.25) is 0 Å². The molecule has 1 aromatic carbocycles. The van der Waals surface area contributed by atoms with E-state index in [0.717, 1.165) is 17.9 Å². The van der Waals surface area contributed by atoms with Crippen LogP contribution in [0.3, 0.4) is 0 Å². The third-order valence-electron chi connectivity index (χ3n) is 3.58. The van der Waals surface area contributed by atoms with E-state index in [4.69, 9.17) is 5.73 Å². The fourth-order valence-corrected chi connectivity index (χ4v) is 2.55. The van der Waals surface area contributed by atoms with E-state index < -0.39 is 0 Å². The van der Waals surface area contributed by atoms with Gasteiger partial charge in [-0.2, -0.15) is 0 Å². The van der Waals surface area contributed by atoms with Crippen molar-refractivity contribution in [3.8, 4) is 0 Å².